The summed E-state index contributed by atoms with van der Waals surface area (Å²) in [6.07, 6.45) is 0. The molecule has 0 aliphatic heterocycles. The van der Waals surface area contributed by atoms with E-state index in [9.17, 15) is 4.79 Å². The molecule has 0 aliphatic rings. The topological polar surface area (TPSA) is 67.2 Å². The lowest BCUT2D eigenvalue weighted by atomic mass is 10.1. The zero-order chi connectivity index (χ0) is 12.0. The molecule has 16 heavy (non-hydrogen) atoms. The number of hydrogen-bond donors (Lipinski definition) is 3. The summed E-state index contributed by atoms with van der Waals surface area (Å²) in [5.41, 5.74) is 7.30. The number of thiocarbonyl (C=S) groups is 1. The molecule has 0 unspecified atom stereocenters. The summed E-state index contributed by atoms with van der Waals surface area (Å²) < 4.78 is 0. The third kappa shape index (κ3) is 3.86. The van der Waals surface area contributed by atoms with Gasteiger partial charge in [0.1, 0.15) is 4.99 Å². The Bertz CT molecular complexity index is 393. The second-order valence-corrected chi connectivity index (χ2v) is 3.72. The van der Waals surface area contributed by atoms with E-state index in [4.69, 9.17) is 18.0 Å². The Morgan fingerprint density at radius 1 is 1.44 bits per heavy atom. The maximum Gasteiger partial charge on any atom is 0.315 e. The maximum absolute atomic E-state index is 11.2. The molecule has 0 fully saturated rings. The Balaban J connectivity index is 2.57. The van der Waals surface area contributed by atoms with Crippen molar-refractivity contribution in [2.45, 2.75) is 13.5 Å². The molecule has 0 bridgehead atoms. The fourth-order valence-electron chi connectivity index (χ4n) is 1.24. The minimum atomic E-state index is -0.178. The average Bonchev–Trinajstić information content (AvgIpc) is 2.27. The summed E-state index contributed by atoms with van der Waals surface area (Å²) in [6, 6.07) is 7.31. The molecule has 5 heteroatoms. The van der Waals surface area contributed by atoms with E-state index in [1.54, 1.807) is 0 Å². The van der Waals surface area contributed by atoms with Gasteiger partial charge in [0, 0.05) is 18.7 Å². The van der Waals surface area contributed by atoms with Crippen LogP contribution in [0.2, 0.25) is 0 Å². The smallest absolute Gasteiger partial charge is 0.315 e. The average molecular weight is 237 g/mol. The molecule has 2 amide bonds. The van der Waals surface area contributed by atoms with Crippen LogP contribution in [0.25, 0.3) is 0 Å². The predicted molar refractivity (Wildman–Crippen MR) is 68.2 cm³/mol. The third-order valence-electron chi connectivity index (χ3n) is 2.00. The molecule has 1 rings (SSSR count). The number of urea groups is 1. The van der Waals surface area contributed by atoms with E-state index in [2.05, 4.69) is 10.6 Å². The SMILES string of the molecule is CCNC(=O)NCc1cccc(C(N)=S)c1. The number of amides is 2. The second-order valence-electron chi connectivity index (χ2n) is 3.28. The first-order valence-corrected chi connectivity index (χ1v) is 5.44. The zero-order valence-corrected chi connectivity index (χ0v) is 9.93. The van der Waals surface area contributed by atoms with E-state index in [-0.39, 0.29) is 6.03 Å². The van der Waals surface area contributed by atoms with Gasteiger partial charge < -0.3 is 16.4 Å². The summed E-state index contributed by atoms with van der Waals surface area (Å²) in [6.45, 7) is 2.94. The molecule has 86 valence electrons. The van der Waals surface area contributed by atoms with Crippen molar-refractivity contribution < 1.29 is 4.79 Å². The molecular formula is C11H15N3OS. The van der Waals surface area contributed by atoms with Crippen LogP contribution in [0.5, 0.6) is 0 Å². The molecule has 1 aromatic carbocycles. The standard InChI is InChI=1S/C11H15N3OS/c1-2-13-11(15)14-7-8-4-3-5-9(6-8)10(12)16/h3-6H,2,7H2,1H3,(H2,12,16)(H2,13,14,15). The molecular weight excluding hydrogens is 222 g/mol. The lowest BCUT2D eigenvalue weighted by Gasteiger charge is -2.07. The summed E-state index contributed by atoms with van der Waals surface area (Å²) >= 11 is 4.88. The minimum absolute atomic E-state index is 0.178. The second kappa shape index (κ2) is 6.07. The molecule has 0 saturated heterocycles. The van der Waals surface area contributed by atoms with Crippen LogP contribution in [-0.2, 0) is 6.54 Å². The Hall–Kier alpha value is -1.62. The molecule has 4 nitrogen and oxygen atoms in total. The van der Waals surface area contributed by atoms with Crippen molar-refractivity contribution in [3.8, 4) is 0 Å². The molecule has 0 radical (unpaired) electrons. The molecule has 4 N–H and O–H groups in total. The van der Waals surface area contributed by atoms with Crippen LogP contribution in [0.1, 0.15) is 18.1 Å². The van der Waals surface area contributed by atoms with E-state index in [1.807, 2.05) is 31.2 Å². The highest BCUT2D eigenvalue weighted by molar-refractivity contribution is 7.80. The van der Waals surface area contributed by atoms with Crippen LogP contribution in [0.4, 0.5) is 4.79 Å². The summed E-state index contributed by atoms with van der Waals surface area (Å²) in [5, 5.41) is 5.38. The van der Waals surface area contributed by atoms with E-state index in [0.717, 1.165) is 11.1 Å². The minimum Gasteiger partial charge on any atom is -0.389 e. The lowest BCUT2D eigenvalue weighted by Crippen LogP contribution is -2.34. The quantitative estimate of drug-likeness (QED) is 0.688. The summed E-state index contributed by atoms with van der Waals surface area (Å²) in [7, 11) is 0. The third-order valence-corrected chi connectivity index (χ3v) is 2.24. The van der Waals surface area contributed by atoms with Gasteiger partial charge in [0.15, 0.2) is 0 Å². The van der Waals surface area contributed by atoms with Gasteiger partial charge in [-0.05, 0) is 18.6 Å². The van der Waals surface area contributed by atoms with E-state index in [1.165, 1.54) is 0 Å². The molecule has 0 aromatic heterocycles. The Morgan fingerprint density at radius 3 is 2.81 bits per heavy atom. The van der Waals surface area contributed by atoms with Crippen molar-refractivity contribution >= 4 is 23.2 Å². The number of carbonyl (C=O) groups is 1. The van der Waals surface area contributed by atoms with Crippen molar-refractivity contribution in [3.05, 3.63) is 35.4 Å². The fourth-order valence-corrected chi connectivity index (χ4v) is 1.37. The zero-order valence-electron chi connectivity index (χ0n) is 9.12. The van der Waals surface area contributed by atoms with Gasteiger partial charge in [-0.2, -0.15) is 0 Å². The summed E-state index contributed by atoms with van der Waals surface area (Å²) in [4.78, 5) is 11.5. The van der Waals surface area contributed by atoms with Gasteiger partial charge in [0.2, 0.25) is 0 Å². The highest BCUT2D eigenvalue weighted by Gasteiger charge is 2.00. The van der Waals surface area contributed by atoms with Gasteiger partial charge in [-0.3, -0.25) is 0 Å². The summed E-state index contributed by atoms with van der Waals surface area (Å²) in [5.74, 6) is 0. The van der Waals surface area contributed by atoms with Crippen LogP contribution in [-0.4, -0.2) is 17.6 Å². The number of hydrogen-bond acceptors (Lipinski definition) is 2. The first kappa shape index (κ1) is 12.4. The lowest BCUT2D eigenvalue weighted by molar-refractivity contribution is 0.241. The van der Waals surface area contributed by atoms with Crippen LogP contribution in [0, 0.1) is 0 Å². The first-order chi connectivity index (χ1) is 7.63. The van der Waals surface area contributed by atoms with E-state index < -0.39 is 0 Å². The van der Waals surface area contributed by atoms with Crippen molar-refractivity contribution in [3.63, 3.8) is 0 Å². The van der Waals surface area contributed by atoms with E-state index in [0.29, 0.717) is 18.1 Å². The number of benzene rings is 1. The van der Waals surface area contributed by atoms with Crippen LogP contribution in [0.3, 0.4) is 0 Å². The van der Waals surface area contributed by atoms with Crippen LogP contribution < -0.4 is 16.4 Å². The monoisotopic (exact) mass is 237 g/mol. The number of carbonyl (C=O) groups excluding carboxylic acids is 1. The fraction of sp³-hybridized carbons (Fsp3) is 0.273. The first-order valence-electron chi connectivity index (χ1n) is 5.04. The van der Waals surface area contributed by atoms with Crippen molar-refractivity contribution in [2.24, 2.45) is 5.73 Å². The van der Waals surface area contributed by atoms with Gasteiger partial charge in [-0.1, -0.05) is 30.4 Å². The molecule has 0 atom stereocenters. The molecule has 0 saturated carbocycles. The normalized spacial score (nSPS) is 9.56. The Morgan fingerprint density at radius 2 is 2.19 bits per heavy atom. The van der Waals surface area contributed by atoms with Crippen molar-refractivity contribution in [1.29, 1.82) is 0 Å². The number of nitrogens with one attached hydrogen (secondary N) is 2. The Kier molecular flexibility index (Phi) is 4.72. The predicted octanol–water partition coefficient (Wildman–Crippen LogP) is 1.14. The largest absolute Gasteiger partial charge is 0.389 e. The molecule has 0 aliphatic carbocycles. The molecule has 0 heterocycles. The van der Waals surface area contributed by atoms with Gasteiger partial charge in [0.25, 0.3) is 0 Å². The highest BCUT2D eigenvalue weighted by atomic mass is 32.1. The maximum atomic E-state index is 11.2. The molecule has 1 aromatic rings. The van der Waals surface area contributed by atoms with Gasteiger partial charge in [-0.25, -0.2) is 4.79 Å². The number of rotatable bonds is 4. The Labute approximate surface area is 100 Å². The van der Waals surface area contributed by atoms with E-state index >= 15 is 0 Å². The van der Waals surface area contributed by atoms with Gasteiger partial charge in [0.05, 0.1) is 0 Å². The van der Waals surface area contributed by atoms with Gasteiger partial charge >= 0.3 is 6.03 Å². The van der Waals surface area contributed by atoms with Gasteiger partial charge in [-0.15, -0.1) is 0 Å². The van der Waals surface area contributed by atoms with Crippen molar-refractivity contribution in [2.75, 3.05) is 6.54 Å². The van der Waals surface area contributed by atoms with Crippen LogP contribution >= 0.6 is 12.2 Å². The number of nitrogens with two attached hydrogens (primary N) is 1. The highest BCUT2D eigenvalue weighted by Crippen LogP contribution is 2.04. The van der Waals surface area contributed by atoms with Crippen LogP contribution in [0.15, 0.2) is 24.3 Å². The van der Waals surface area contributed by atoms with Crippen molar-refractivity contribution in [1.82, 2.24) is 10.6 Å². The molecule has 0 spiro atoms.